The number of benzene rings is 1. The van der Waals surface area contributed by atoms with Crippen LogP contribution in [0.5, 0.6) is 5.75 Å². The third-order valence-corrected chi connectivity index (χ3v) is 7.03. The second-order valence-electron chi connectivity index (χ2n) is 6.19. The number of alkyl halides is 2. The van der Waals surface area contributed by atoms with E-state index in [-0.39, 0.29) is 30.4 Å². The van der Waals surface area contributed by atoms with Crippen LogP contribution in [0.2, 0.25) is 0 Å². The van der Waals surface area contributed by atoms with E-state index in [1.807, 2.05) is 6.92 Å². The van der Waals surface area contributed by atoms with Crippen LogP contribution in [0.4, 0.5) is 13.9 Å². The molecule has 7 nitrogen and oxygen atoms in total. The molecule has 1 aromatic carbocycles. The fourth-order valence-electron chi connectivity index (χ4n) is 2.86. The molecular weight excluding hydrogens is 412 g/mol. The summed E-state index contributed by atoms with van der Waals surface area (Å²) in [6, 6.07) is 6.08. The number of nitrogens with one attached hydrogen (secondary N) is 1. The summed E-state index contributed by atoms with van der Waals surface area (Å²) in [7, 11) is -3.22. The molecule has 0 unspecified atom stereocenters. The van der Waals surface area contributed by atoms with Crippen LogP contribution in [0.15, 0.2) is 24.3 Å². The van der Waals surface area contributed by atoms with Gasteiger partial charge >= 0.3 is 6.61 Å². The molecule has 1 N–H and O–H groups in total. The Bertz CT molecular complexity index is 946. The Morgan fingerprint density at radius 1 is 1.36 bits per heavy atom. The van der Waals surface area contributed by atoms with Gasteiger partial charge in [0, 0.05) is 30.0 Å². The zero-order valence-corrected chi connectivity index (χ0v) is 16.7. The monoisotopic (exact) mass is 431 g/mol. The first kappa shape index (κ1) is 20.6. The number of hydrogen-bond donors (Lipinski definition) is 1. The van der Waals surface area contributed by atoms with Crippen LogP contribution >= 0.6 is 11.3 Å². The zero-order valence-electron chi connectivity index (χ0n) is 15.0. The van der Waals surface area contributed by atoms with Gasteiger partial charge in [-0.15, -0.1) is 11.3 Å². The van der Waals surface area contributed by atoms with Gasteiger partial charge < -0.3 is 10.1 Å². The number of halogens is 2. The summed E-state index contributed by atoms with van der Waals surface area (Å²) in [6.45, 7) is -0.453. The van der Waals surface area contributed by atoms with Gasteiger partial charge in [0.15, 0.2) is 5.13 Å². The molecule has 11 heteroatoms. The number of aryl methyl sites for hydroxylation is 1. The number of rotatable bonds is 7. The van der Waals surface area contributed by atoms with Crippen LogP contribution < -0.4 is 10.1 Å². The third-order valence-electron chi connectivity index (χ3n) is 4.19. The van der Waals surface area contributed by atoms with Gasteiger partial charge in [-0.3, -0.25) is 4.79 Å². The first-order valence-corrected chi connectivity index (χ1v) is 11.0. The summed E-state index contributed by atoms with van der Waals surface area (Å²) in [5.41, 5.74) is 1.34. The van der Waals surface area contributed by atoms with Crippen molar-refractivity contribution < 1.29 is 26.7 Å². The van der Waals surface area contributed by atoms with E-state index in [2.05, 4.69) is 15.0 Å². The van der Waals surface area contributed by atoms with Gasteiger partial charge in [-0.05, 0) is 37.6 Å². The Hall–Kier alpha value is -2.11. The molecule has 0 bridgehead atoms. The van der Waals surface area contributed by atoms with Crippen molar-refractivity contribution in [3.8, 4) is 17.0 Å². The predicted molar refractivity (Wildman–Crippen MR) is 102 cm³/mol. The fraction of sp³-hybridized carbons (Fsp3) is 0.412. The molecule has 1 aliphatic rings. The van der Waals surface area contributed by atoms with Crippen LogP contribution in [-0.4, -0.2) is 49.1 Å². The lowest BCUT2D eigenvalue weighted by molar-refractivity contribution is -0.116. The normalized spacial score (nSPS) is 16.4. The van der Waals surface area contributed by atoms with Gasteiger partial charge in [-0.1, -0.05) is 0 Å². The van der Waals surface area contributed by atoms with Crippen molar-refractivity contribution in [2.45, 2.75) is 26.4 Å². The molecule has 1 fully saturated rings. The minimum absolute atomic E-state index is 0.0485. The molecule has 1 aromatic heterocycles. The molecule has 0 radical (unpaired) electrons. The molecular formula is C17H19F2N3O4S2. The lowest BCUT2D eigenvalue weighted by Gasteiger charge is -2.13. The predicted octanol–water partition coefficient (Wildman–Crippen LogP) is 3.08. The molecule has 0 aliphatic carbocycles. The first-order chi connectivity index (χ1) is 13.2. The van der Waals surface area contributed by atoms with Crippen LogP contribution in [-0.2, 0) is 14.8 Å². The van der Waals surface area contributed by atoms with Gasteiger partial charge in [0.1, 0.15) is 5.75 Å². The number of aromatic nitrogens is 1. The summed E-state index contributed by atoms with van der Waals surface area (Å²) in [5.74, 6) is -0.134. The number of ether oxygens (including phenoxy) is 1. The molecule has 0 spiro atoms. The molecule has 1 saturated heterocycles. The van der Waals surface area contributed by atoms with E-state index in [4.69, 9.17) is 0 Å². The average Bonchev–Trinajstić information content (AvgIpc) is 3.14. The molecule has 2 heterocycles. The molecule has 28 heavy (non-hydrogen) atoms. The van der Waals surface area contributed by atoms with Crippen molar-refractivity contribution in [3.05, 3.63) is 29.1 Å². The highest BCUT2D eigenvalue weighted by Gasteiger charge is 2.28. The zero-order chi connectivity index (χ0) is 20.3. The number of sulfonamides is 1. The largest absolute Gasteiger partial charge is 0.435 e. The van der Waals surface area contributed by atoms with Gasteiger partial charge in [-0.25, -0.2) is 17.7 Å². The van der Waals surface area contributed by atoms with Gasteiger partial charge in [0.05, 0.1) is 11.4 Å². The van der Waals surface area contributed by atoms with E-state index < -0.39 is 16.6 Å². The van der Waals surface area contributed by atoms with Gasteiger partial charge in [-0.2, -0.15) is 8.78 Å². The fourth-order valence-corrected chi connectivity index (χ4v) is 5.24. The number of carbonyl (C=O) groups is 1. The van der Waals surface area contributed by atoms with E-state index >= 15 is 0 Å². The van der Waals surface area contributed by atoms with Crippen LogP contribution in [0.3, 0.4) is 0 Å². The van der Waals surface area contributed by atoms with Crippen molar-refractivity contribution in [3.63, 3.8) is 0 Å². The number of amides is 1. The summed E-state index contributed by atoms with van der Waals surface area (Å²) in [5, 5.41) is 3.08. The van der Waals surface area contributed by atoms with Crippen LogP contribution in [0.25, 0.3) is 11.3 Å². The third kappa shape index (κ3) is 5.03. The molecule has 2 aromatic rings. The highest BCUT2D eigenvalue weighted by atomic mass is 32.2. The number of hydrogen-bond acceptors (Lipinski definition) is 6. The minimum atomic E-state index is -3.22. The van der Waals surface area contributed by atoms with Gasteiger partial charge in [0.2, 0.25) is 15.9 Å². The first-order valence-electron chi connectivity index (χ1n) is 8.55. The van der Waals surface area contributed by atoms with Crippen molar-refractivity contribution in [2.24, 2.45) is 0 Å². The Kier molecular flexibility index (Phi) is 6.26. The second-order valence-corrected chi connectivity index (χ2v) is 9.49. The number of nitrogens with zero attached hydrogens (tertiary/aromatic N) is 2. The van der Waals surface area contributed by atoms with E-state index in [0.29, 0.717) is 29.4 Å². The minimum Gasteiger partial charge on any atom is -0.435 e. The molecule has 0 saturated carbocycles. The Morgan fingerprint density at radius 3 is 2.68 bits per heavy atom. The van der Waals surface area contributed by atoms with Gasteiger partial charge in [0.25, 0.3) is 0 Å². The Balaban J connectivity index is 1.61. The average molecular weight is 431 g/mol. The van der Waals surface area contributed by atoms with E-state index in [1.54, 1.807) is 12.1 Å². The lowest BCUT2D eigenvalue weighted by Crippen LogP contribution is -2.29. The molecule has 3 rings (SSSR count). The number of thiazole rings is 1. The number of anilines is 1. The topological polar surface area (TPSA) is 88.6 Å². The maximum absolute atomic E-state index is 12.2. The molecule has 0 atom stereocenters. The van der Waals surface area contributed by atoms with Crippen molar-refractivity contribution in [2.75, 3.05) is 24.2 Å². The molecule has 1 aliphatic heterocycles. The van der Waals surface area contributed by atoms with Crippen LogP contribution in [0, 0.1) is 6.92 Å². The lowest BCUT2D eigenvalue weighted by atomic mass is 10.1. The molecule has 1 amide bonds. The quantitative estimate of drug-likeness (QED) is 0.728. The second kappa shape index (κ2) is 8.50. The standard InChI is InChI=1S/C17H19F2N3O4S2/c1-11-15(12-3-5-13(6-4-12)26-16(18)19)21-17(27-11)20-14(23)7-9-22-8-2-10-28(22,24)25/h3-6,16H,2,7-10H2,1H3,(H,20,21,23). The Morgan fingerprint density at radius 2 is 2.07 bits per heavy atom. The maximum atomic E-state index is 12.2. The number of carbonyl (C=O) groups excluding carboxylic acids is 1. The van der Waals surface area contributed by atoms with Crippen molar-refractivity contribution >= 4 is 32.4 Å². The van der Waals surface area contributed by atoms with Crippen molar-refractivity contribution in [1.82, 2.24) is 9.29 Å². The summed E-state index contributed by atoms with van der Waals surface area (Å²) in [6.07, 6.45) is 0.632. The summed E-state index contributed by atoms with van der Waals surface area (Å²) < 4.78 is 53.6. The molecule has 152 valence electrons. The highest BCUT2D eigenvalue weighted by Crippen LogP contribution is 2.31. The summed E-state index contributed by atoms with van der Waals surface area (Å²) >= 11 is 1.28. The van der Waals surface area contributed by atoms with E-state index in [9.17, 15) is 22.0 Å². The SMILES string of the molecule is Cc1sc(NC(=O)CCN2CCCS2(=O)=O)nc1-c1ccc(OC(F)F)cc1. The van der Waals surface area contributed by atoms with E-state index in [1.165, 1.54) is 27.8 Å². The van der Waals surface area contributed by atoms with Crippen molar-refractivity contribution in [1.29, 1.82) is 0 Å². The maximum Gasteiger partial charge on any atom is 0.387 e. The highest BCUT2D eigenvalue weighted by molar-refractivity contribution is 7.89. The summed E-state index contributed by atoms with van der Waals surface area (Å²) in [4.78, 5) is 17.4. The Labute approximate surface area is 165 Å². The smallest absolute Gasteiger partial charge is 0.387 e. The van der Waals surface area contributed by atoms with Crippen LogP contribution in [0.1, 0.15) is 17.7 Å². The van der Waals surface area contributed by atoms with E-state index in [0.717, 1.165) is 4.88 Å².